The van der Waals surface area contributed by atoms with E-state index in [1.165, 1.54) is 12.1 Å². The molecule has 0 spiro atoms. The zero-order valence-electron chi connectivity index (χ0n) is 21.1. The third-order valence-corrected chi connectivity index (χ3v) is 7.10. The number of aliphatic imine (C=N–C) groups is 1. The molecule has 1 aliphatic rings. The number of benzene rings is 2. The zero-order valence-corrected chi connectivity index (χ0v) is 21.1. The molecule has 2 N–H and O–H groups in total. The smallest absolute Gasteiger partial charge is 0.278 e. The van der Waals surface area contributed by atoms with Gasteiger partial charge in [0.15, 0.2) is 0 Å². The molecular weight excluding hydrogens is 481 g/mol. The summed E-state index contributed by atoms with van der Waals surface area (Å²) in [7, 11) is 1.69. The van der Waals surface area contributed by atoms with Gasteiger partial charge < -0.3 is 10.6 Å². The lowest BCUT2D eigenvalue weighted by Gasteiger charge is -2.33. The normalized spacial score (nSPS) is 16.2. The molecule has 1 saturated heterocycles. The molecule has 4 heterocycles. The van der Waals surface area contributed by atoms with Crippen molar-refractivity contribution >= 4 is 33.8 Å². The third-order valence-electron chi connectivity index (χ3n) is 7.10. The maximum Gasteiger partial charge on any atom is 0.278 e. The first-order valence-electron chi connectivity index (χ1n) is 12.7. The molecule has 0 radical (unpaired) electrons. The highest BCUT2D eigenvalue weighted by Gasteiger charge is 2.28. The number of rotatable bonds is 5. The molecule has 0 bridgehead atoms. The quantitative estimate of drug-likeness (QED) is 0.363. The highest BCUT2D eigenvalue weighted by Crippen LogP contribution is 2.34. The molecule has 0 unspecified atom stereocenters. The summed E-state index contributed by atoms with van der Waals surface area (Å²) < 4.78 is 17.9. The summed E-state index contributed by atoms with van der Waals surface area (Å²) in [5.41, 5.74) is 9.01. The van der Waals surface area contributed by atoms with Crippen LogP contribution in [0.25, 0.3) is 27.5 Å². The maximum absolute atomic E-state index is 14.5. The Morgan fingerprint density at radius 2 is 2.03 bits per heavy atom. The summed E-state index contributed by atoms with van der Waals surface area (Å²) >= 11 is 0. The van der Waals surface area contributed by atoms with E-state index < -0.39 is 0 Å². The van der Waals surface area contributed by atoms with E-state index in [0.717, 1.165) is 41.7 Å². The van der Waals surface area contributed by atoms with Crippen LogP contribution in [0.2, 0.25) is 0 Å². The number of hydrogen-bond acceptors (Lipinski definition) is 6. The summed E-state index contributed by atoms with van der Waals surface area (Å²) in [5, 5.41) is 2.03. The van der Waals surface area contributed by atoms with Gasteiger partial charge in [0.25, 0.3) is 5.56 Å². The molecule has 8 nitrogen and oxygen atoms in total. The van der Waals surface area contributed by atoms with Crippen LogP contribution in [0.4, 0.5) is 10.2 Å². The first-order valence-corrected chi connectivity index (χ1v) is 12.7. The van der Waals surface area contributed by atoms with Crippen LogP contribution < -0.4 is 16.2 Å². The van der Waals surface area contributed by atoms with Gasteiger partial charge in [0.05, 0.1) is 29.8 Å². The Kier molecular flexibility index (Phi) is 6.21. The average molecular weight is 510 g/mol. The van der Waals surface area contributed by atoms with Gasteiger partial charge in [-0.3, -0.25) is 23.9 Å². The Morgan fingerprint density at radius 3 is 2.84 bits per heavy atom. The molecule has 5 aromatic rings. The van der Waals surface area contributed by atoms with Crippen LogP contribution >= 0.6 is 0 Å². The number of nitrogens with zero attached hydrogens (tertiary/aromatic N) is 6. The van der Waals surface area contributed by atoms with Crippen LogP contribution in [-0.2, 0) is 6.54 Å². The fraction of sp³-hybridized carbons (Fsp3) is 0.241. The Hall–Kier alpha value is -4.37. The minimum atomic E-state index is -0.388. The molecule has 0 amide bonds. The van der Waals surface area contributed by atoms with E-state index in [4.69, 9.17) is 10.7 Å². The van der Waals surface area contributed by atoms with Crippen molar-refractivity contribution in [2.24, 2.45) is 10.7 Å². The Labute approximate surface area is 218 Å². The highest BCUT2D eigenvalue weighted by atomic mass is 19.1. The van der Waals surface area contributed by atoms with Gasteiger partial charge >= 0.3 is 0 Å². The lowest BCUT2D eigenvalue weighted by atomic mass is 10.1. The lowest BCUT2D eigenvalue weighted by molar-refractivity contribution is 0.502. The first-order chi connectivity index (χ1) is 18.5. The van der Waals surface area contributed by atoms with E-state index in [-0.39, 0.29) is 24.0 Å². The van der Waals surface area contributed by atoms with Crippen LogP contribution in [0.3, 0.4) is 0 Å². The molecule has 9 heteroatoms. The molecule has 38 heavy (non-hydrogen) atoms. The summed E-state index contributed by atoms with van der Waals surface area (Å²) in [5.74, 6) is 0.359. The summed E-state index contributed by atoms with van der Waals surface area (Å²) in [6.07, 6.45) is 6.87. The Morgan fingerprint density at radius 1 is 1.16 bits per heavy atom. The summed E-state index contributed by atoms with van der Waals surface area (Å²) in [6.45, 7) is 1.63. The van der Waals surface area contributed by atoms with Crippen molar-refractivity contribution in [1.82, 2.24) is 19.1 Å². The zero-order chi connectivity index (χ0) is 26.2. The van der Waals surface area contributed by atoms with Gasteiger partial charge in [0.2, 0.25) is 0 Å². The van der Waals surface area contributed by atoms with Crippen molar-refractivity contribution in [3.63, 3.8) is 0 Å². The van der Waals surface area contributed by atoms with Crippen molar-refractivity contribution < 1.29 is 4.39 Å². The predicted molar refractivity (Wildman–Crippen MR) is 149 cm³/mol. The maximum atomic E-state index is 14.5. The van der Waals surface area contributed by atoms with Crippen molar-refractivity contribution in [3.05, 3.63) is 94.5 Å². The monoisotopic (exact) mass is 509 g/mol. The SMILES string of the molecule is CN=Cc1c(N2CCC[C@H](N)C2)n(-c2cccc(F)c2)c2c(=O)n(Cc3nccc4ccccc34)cnc12. The third kappa shape index (κ3) is 4.14. The van der Waals surface area contributed by atoms with E-state index >= 15 is 0 Å². The van der Waals surface area contributed by atoms with Gasteiger partial charge in [-0.2, -0.15) is 0 Å². The topological polar surface area (TPSA) is 94.3 Å². The molecular formula is C29H28FN7O. The van der Waals surface area contributed by atoms with E-state index in [1.807, 2.05) is 34.9 Å². The van der Waals surface area contributed by atoms with Crippen molar-refractivity contribution in [2.75, 3.05) is 25.0 Å². The molecule has 0 aliphatic carbocycles. The Bertz CT molecular complexity index is 1730. The minimum absolute atomic E-state index is 0.00353. The molecule has 2 aromatic carbocycles. The standard InChI is InChI=1S/C29H28FN7O/c1-32-15-24-26-27(29(38)36(18-34-26)17-25-23-10-3-2-6-19(23)11-12-33-25)37(22-9-4-7-20(30)14-22)28(24)35-13-5-8-21(31)16-35/h2-4,6-7,9-12,14-15,18,21H,5,8,13,16-17,31H2,1H3/t21-/m0/s1. The van der Waals surface area contributed by atoms with E-state index in [1.54, 1.807) is 42.5 Å². The van der Waals surface area contributed by atoms with Gasteiger partial charge in [-0.25, -0.2) is 9.37 Å². The molecule has 192 valence electrons. The largest absolute Gasteiger partial charge is 0.356 e. The number of anilines is 1. The molecule has 1 atom stereocenters. The number of nitrogens with two attached hydrogens (primary N) is 1. The van der Waals surface area contributed by atoms with E-state index in [9.17, 15) is 9.18 Å². The lowest BCUT2D eigenvalue weighted by Crippen LogP contribution is -2.44. The second-order valence-electron chi connectivity index (χ2n) is 9.64. The summed E-state index contributed by atoms with van der Waals surface area (Å²) in [4.78, 5) is 29.9. The van der Waals surface area contributed by atoms with Crippen LogP contribution in [0.15, 0.2) is 76.9 Å². The summed E-state index contributed by atoms with van der Waals surface area (Å²) in [6, 6.07) is 16.2. The number of fused-ring (bicyclic) bond motifs is 2. The Balaban J connectivity index is 1.62. The minimum Gasteiger partial charge on any atom is -0.356 e. The van der Waals surface area contributed by atoms with Crippen molar-refractivity contribution in [2.45, 2.75) is 25.4 Å². The first kappa shape index (κ1) is 24.0. The number of hydrogen-bond donors (Lipinski definition) is 1. The van der Waals surface area contributed by atoms with Gasteiger partial charge in [-0.15, -0.1) is 0 Å². The number of piperidine rings is 1. The van der Waals surface area contributed by atoms with Crippen LogP contribution in [0.5, 0.6) is 0 Å². The van der Waals surface area contributed by atoms with Crippen LogP contribution in [0.1, 0.15) is 24.1 Å². The highest BCUT2D eigenvalue weighted by molar-refractivity contribution is 6.04. The number of aromatic nitrogens is 4. The van der Waals surface area contributed by atoms with Gasteiger partial charge in [0, 0.05) is 44.0 Å². The second kappa shape index (κ2) is 9.83. The average Bonchev–Trinajstić information content (AvgIpc) is 3.25. The van der Waals surface area contributed by atoms with Gasteiger partial charge in [-0.05, 0) is 42.5 Å². The molecule has 1 aliphatic heterocycles. The molecule has 1 fully saturated rings. The van der Waals surface area contributed by atoms with Crippen LogP contribution in [0, 0.1) is 5.82 Å². The van der Waals surface area contributed by atoms with Gasteiger partial charge in [0.1, 0.15) is 22.7 Å². The van der Waals surface area contributed by atoms with Crippen molar-refractivity contribution in [3.8, 4) is 5.69 Å². The number of pyridine rings is 1. The van der Waals surface area contributed by atoms with E-state index in [2.05, 4.69) is 14.9 Å². The molecule has 0 saturated carbocycles. The number of halogens is 1. The molecule has 3 aromatic heterocycles. The fourth-order valence-corrected chi connectivity index (χ4v) is 5.42. The van der Waals surface area contributed by atoms with Gasteiger partial charge in [-0.1, -0.05) is 30.3 Å². The predicted octanol–water partition coefficient (Wildman–Crippen LogP) is 3.90. The molecule has 6 rings (SSSR count). The fourth-order valence-electron chi connectivity index (χ4n) is 5.42. The van der Waals surface area contributed by atoms with Crippen molar-refractivity contribution in [1.29, 1.82) is 0 Å². The second-order valence-corrected chi connectivity index (χ2v) is 9.64. The van der Waals surface area contributed by atoms with E-state index in [0.29, 0.717) is 28.8 Å². The van der Waals surface area contributed by atoms with Crippen LogP contribution in [-0.4, -0.2) is 51.5 Å².